The number of carboxylic acid groups (broad SMARTS) is 1. The number of carbonyl (C=O) groups excluding carboxylic acids is 1. The molecule has 47 heavy (non-hydrogen) atoms. The van der Waals surface area contributed by atoms with Crippen LogP contribution in [0.2, 0.25) is 0 Å². The molecule has 0 bridgehead atoms. The number of phenolic OH excluding ortho intramolecular Hbond substituents is 8. The lowest BCUT2D eigenvalue weighted by Crippen LogP contribution is -2.50. The Labute approximate surface area is 262 Å². The van der Waals surface area contributed by atoms with Crippen molar-refractivity contribution in [2.75, 3.05) is 0 Å². The van der Waals surface area contributed by atoms with Crippen LogP contribution in [0.3, 0.4) is 0 Å². The normalized spacial score (nSPS) is 19.0. The van der Waals surface area contributed by atoms with Crippen molar-refractivity contribution in [2.45, 2.75) is 44.9 Å². The smallest absolute Gasteiger partial charge is 0.335 e. The van der Waals surface area contributed by atoms with Gasteiger partial charge in [-0.3, -0.25) is 9.59 Å². The molecular weight excluding hydrogens is 632 g/mol. The molecule has 17 nitrogen and oxygen atoms in total. The van der Waals surface area contributed by atoms with Crippen molar-refractivity contribution < 1.29 is 79.3 Å². The van der Waals surface area contributed by atoms with Gasteiger partial charge < -0.3 is 69.7 Å². The van der Waals surface area contributed by atoms with E-state index in [1.807, 2.05) is 0 Å². The van der Waals surface area contributed by atoms with Crippen LogP contribution in [-0.2, 0) is 14.3 Å². The number of aromatic carboxylic acids is 1. The zero-order valence-electron chi connectivity index (χ0n) is 24.3. The summed E-state index contributed by atoms with van der Waals surface area (Å²) < 4.78 is 22.2. The van der Waals surface area contributed by atoms with Crippen LogP contribution in [0.15, 0.2) is 45.6 Å². The zero-order chi connectivity index (χ0) is 34.9. The topological polar surface area (TPSA) is 294 Å². The van der Waals surface area contributed by atoms with Gasteiger partial charge in [-0.1, -0.05) is 0 Å². The molecule has 0 radical (unpaired) electrons. The summed E-state index contributed by atoms with van der Waals surface area (Å²) in [5.41, 5.74) is -1.52. The molecule has 1 aliphatic heterocycles. The third-order valence-corrected chi connectivity index (χ3v) is 6.76. The number of hydrogen-bond acceptors (Lipinski definition) is 16. The number of phenols is 8. The Morgan fingerprint density at radius 1 is 0.830 bits per heavy atom. The van der Waals surface area contributed by atoms with Gasteiger partial charge in [0.1, 0.15) is 22.5 Å². The van der Waals surface area contributed by atoms with E-state index in [9.17, 15) is 45.0 Å². The highest BCUT2D eigenvalue weighted by atomic mass is 16.7. The largest absolute Gasteiger partial charge is 0.508 e. The van der Waals surface area contributed by atoms with Gasteiger partial charge in [0.05, 0.1) is 17.8 Å². The molecule has 17 heteroatoms. The van der Waals surface area contributed by atoms with Gasteiger partial charge in [-0.05, 0) is 31.2 Å². The van der Waals surface area contributed by atoms with Gasteiger partial charge in [-0.25, -0.2) is 4.79 Å². The molecule has 4 aromatic rings. The van der Waals surface area contributed by atoms with Crippen LogP contribution in [-0.4, -0.2) is 87.6 Å². The summed E-state index contributed by atoms with van der Waals surface area (Å²) >= 11 is 0. The highest BCUT2D eigenvalue weighted by molar-refractivity contribution is 5.89. The Hall–Kier alpha value is -6.07. The first-order chi connectivity index (χ1) is 22.0. The van der Waals surface area contributed by atoms with Crippen molar-refractivity contribution in [3.8, 4) is 63.1 Å². The van der Waals surface area contributed by atoms with Crippen molar-refractivity contribution in [2.24, 2.45) is 0 Å². The second kappa shape index (κ2) is 13.1. The van der Waals surface area contributed by atoms with Crippen LogP contribution in [0.4, 0.5) is 0 Å². The average molecular weight is 661 g/mol. The first kappa shape index (κ1) is 33.8. The third kappa shape index (κ3) is 7.10. The van der Waals surface area contributed by atoms with Gasteiger partial charge in [0.25, 0.3) is 0 Å². The van der Waals surface area contributed by atoms with E-state index in [4.69, 9.17) is 39.1 Å². The second-order valence-corrected chi connectivity index (χ2v) is 10.2. The summed E-state index contributed by atoms with van der Waals surface area (Å²) in [7, 11) is 0. The predicted octanol–water partition coefficient (Wildman–Crippen LogP) is 2.30. The van der Waals surface area contributed by atoms with E-state index < -0.39 is 93.7 Å². The minimum absolute atomic E-state index is 0.100. The standard InChI is InChI=1S/C23H22O12.C7H6O5/c1-8-21(33-9(2)24)15(29)7-17(32-8)35-23-20(31)18-12(26)5-11(25)6-16(18)34-22(23)10-3-13(27)19(30)14(28)4-10;8-4-1-3(7(11)12)2-5(9)6(4)10/h3-6,8,15,17,21,25-30H,7H2,1-2H3;1-2,8-10H,(H,11,12). The minimum atomic E-state index is -1.29. The maximum atomic E-state index is 13.3. The average Bonchev–Trinajstić information content (AvgIpc) is 2.97. The number of aliphatic hydroxyl groups excluding tert-OH is 1. The lowest BCUT2D eigenvalue weighted by Gasteiger charge is -2.37. The van der Waals surface area contributed by atoms with Crippen molar-refractivity contribution >= 4 is 22.9 Å². The lowest BCUT2D eigenvalue weighted by molar-refractivity contribution is -0.227. The van der Waals surface area contributed by atoms with Crippen molar-refractivity contribution in [3.05, 3.63) is 52.2 Å². The van der Waals surface area contributed by atoms with Crippen LogP contribution in [0.25, 0.3) is 22.3 Å². The Kier molecular flexibility index (Phi) is 9.44. The van der Waals surface area contributed by atoms with E-state index >= 15 is 0 Å². The summed E-state index contributed by atoms with van der Waals surface area (Å²) in [6, 6.07) is 5.66. The summed E-state index contributed by atoms with van der Waals surface area (Å²) in [5.74, 6) is -8.08. The molecule has 0 amide bonds. The number of aromatic hydroxyl groups is 8. The van der Waals surface area contributed by atoms with E-state index in [-0.39, 0.29) is 34.3 Å². The maximum absolute atomic E-state index is 13.3. The molecule has 1 fully saturated rings. The molecule has 0 saturated carbocycles. The van der Waals surface area contributed by atoms with Gasteiger partial charge in [0.2, 0.25) is 17.5 Å². The van der Waals surface area contributed by atoms with E-state index in [0.29, 0.717) is 0 Å². The second-order valence-electron chi connectivity index (χ2n) is 10.2. The zero-order valence-corrected chi connectivity index (χ0v) is 24.3. The third-order valence-electron chi connectivity index (χ3n) is 6.76. The molecule has 0 aliphatic carbocycles. The van der Waals surface area contributed by atoms with Crippen molar-refractivity contribution in [1.82, 2.24) is 0 Å². The number of carbonyl (C=O) groups is 2. The molecule has 250 valence electrons. The Bertz CT molecular complexity index is 1860. The number of rotatable bonds is 5. The molecule has 3 aromatic carbocycles. The van der Waals surface area contributed by atoms with Crippen LogP contribution >= 0.6 is 0 Å². The Morgan fingerprint density at radius 2 is 1.38 bits per heavy atom. The number of esters is 1. The van der Waals surface area contributed by atoms with Crippen LogP contribution in [0.1, 0.15) is 30.6 Å². The number of ether oxygens (including phenoxy) is 3. The quantitative estimate of drug-likeness (QED) is 0.108. The number of carboxylic acids is 1. The summed E-state index contributed by atoms with van der Waals surface area (Å²) in [5, 5.41) is 94.7. The molecule has 10 N–H and O–H groups in total. The Morgan fingerprint density at radius 3 is 1.89 bits per heavy atom. The molecule has 4 atom stereocenters. The molecule has 1 saturated heterocycles. The number of aliphatic hydroxyl groups is 1. The van der Waals surface area contributed by atoms with E-state index in [1.54, 1.807) is 0 Å². The SMILES string of the molecule is CC(=O)OC1C(O)CC(Oc2c(-c3cc(O)c(O)c(O)c3)oc3cc(O)cc(O)c3c2=O)OC1C.O=C(O)c1cc(O)c(O)c(O)c1. The fourth-order valence-corrected chi connectivity index (χ4v) is 4.62. The summed E-state index contributed by atoms with van der Waals surface area (Å²) in [4.78, 5) is 35.0. The lowest BCUT2D eigenvalue weighted by atomic mass is 10.0. The highest BCUT2D eigenvalue weighted by Gasteiger charge is 2.39. The molecular formula is C30H28O17. The van der Waals surface area contributed by atoms with Crippen LogP contribution < -0.4 is 10.2 Å². The van der Waals surface area contributed by atoms with Crippen LogP contribution in [0, 0.1) is 0 Å². The van der Waals surface area contributed by atoms with Crippen LogP contribution in [0.5, 0.6) is 51.7 Å². The van der Waals surface area contributed by atoms with Gasteiger partial charge in [-0.2, -0.15) is 0 Å². The Balaban J connectivity index is 0.000000351. The summed E-state index contributed by atoms with van der Waals surface area (Å²) in [6.45, 7) is 2.71. The maximum Gasteiger partial charge on any atom is 0.335 e. The molecule has 1 aliphatic rings. The molecule has 5 rings (SSSR count). The van der Waals surface area contributed by atoms with Gasteiger partial charge in [-0.15, -0.1) is 0 Å². The number of fused-ring (bicyclic) bond motifs is 1. The van der Waals surface area contributed by atoms with E-state index in [1.165, 1.54) is 13.8 Å². The minimum Gasteiger partial charge on any atom is -0.508 e. The monoisotopic (exact) mass is 660 g/mol. The summed E-state index contributed by atoms with van der Waals surface area (Å²) in [6.07, 6.45) is -4.44. The van der Waals surface area contributed by atoms with Gasteiger partial charge in [0.15, 0.2) is 46.4 Å². The predicted molar refractivity (Wildman–Crippen MR) is 156 cm³/mol. The fraction of sp³-hybridized carbons (Fsp3) is 0.233. The molecule has 0 spiro atoms. The van der Waals surface area contributed by atoms with E-state index in [2.05, 4.69) is 0 Å². The fourth-order valence-electron chi connectivity index (χ4n) is 4.62. The number of hydrogen-bond donors (Lipinski definition) is 10. The first-order valence-electron chi connectivity index (χ1n) is 13.4. The number of benzene rings is 3. The molecule has 2 heterocycles. The van der Waals surface area contributed by atoms with Gasteiger partial charge in [0, 0.05) is 31.0 Å². The van der Waals surface area contributed by atoms with Crippen molar-refractivity contribution in [1.29, 1.82) is 0 Å². The molecule has 1 aromatic heterocycles. The molecule has 4 unspecified atom stereocenters. The highest BCUT2D eigenvalue weighted by Crippen LogP contribution is 2.43. The van der Waals surface area contributed by atoms with Gasteiger partial charge >= 0.3 is 11.9 Å². The van der Waals surface area contributed by atoms with Crippen molar-refractivity contribution in [3.63, 3.8) is 0 Å². The first-order valence-corrected chi connectivity index (χ1v) is 13.4. The van der Waals surface area contributed by atoms with E-state index in [0.717, 1.165) is 36.4 Å².